The number of hydrogen-bond donors (Lipinski definition) is 1. The van der Waals surface area contributed by atoms with Crippen LogP contribution in [-0.2, 0) is 13.0 Å². The molecule has 0 spiro atoms. The van der Waals surface area contributed by atoms with Crippen LogP contribution in [0, 0.1) is 0 Å². The molecule has 2 aliphatic heterocycles. The zero-order valence-electron chi connectivity index (χ0n) is 9.33. The first kappa shape index (κ1) is 9.35. The highest BCUT2D eigenvalue weighted by molar-refractivity contribution is 5.28. The fourth-order valence-electron chi connectivity index (χ4n) is 3.18. The molecule has 1 N–H and O–H groups in total. The van der Waals surface area contributed by atoms with Gasteiger partial charge in [0, 0.05) is 36.3 Å². The van der Waals surface area contributed by atoms with E-state index in [0.717, 1.165) is 18.7 Å². The summed E-state index contributed by atoms with van der Waals surface area (Å²) >= 11 is 0. The Labute approximate surface area is 98.0 Å². The first-order valence-corrected chi connectivity index (χ1v) is 5.96. The van der Waals surface area contributed by atoms with E-state index < -0.39 is 0 Å². The Balaban J connectivity index is 1.66. The maximum Gasteiger partial charge on any atom is 0.119 e. The molecule has 0 aromatic carbocycles. The Hall–Kier alpha value is -1.69. The van der Waals surface area contributed by atoms with Crippen LogP contribution in [0.4, 0.5) is 0 Å². The molecule has 1 fully saturated rings. The molecule has 2 bridgehead atoms. The second kappa shape index (κ2) is 3.40. The molecule has 0 aliphatic carbocycles. The van der Waals surface area contributed by atoms with Crippen LogP contribution >= 0.6 is 0 Å². The molecule has 2 atom stereocenters. The molecule has 4 rings (SSSR count). The molecule has 6 nitrogen and oxygen atoms in total. The SMILES string of the molecule is c1nonc1CN1C2CCC1c1cn[nH]c1C2. The smallest absolute Gasteiger partial charge is 0.119 e. The van der Waals surface area contributed by atoms with E-state index in [1.807, 2.05) is 6.20 Å². The van der Waals surface area contributed by atoms with Crippen molar-refractivity contribution in [3.8, 4) is 0 Å². The number of aromatic amines is 1. The summed E-state index contributed by atoms with van der Waals surface area (Å²) in [4.78, 5) is 2.50. The fraction of sp³-hybridized carbons (Fsp3) is 0.545. The lowest BCUT2D eigenvalue weighted by Crippen LogP contribution is -2.36. The Morgan fingerprint density at radius 2 is 2.41 bits per heavy atom. The summed E-state index contributed by atoms with van der Waals surface area (Å²) in [6.07, 6.45) is 7.19. The minimum atomic E-state index is 0.485. The standard InChI is InChI=1S/C11H13N5O/c1-2-11-9-5-12-14-10(9)3-8(1)16(11)6-7-4-13-17-15-7/h4-5,8,11H,1-3,6H2,(H,12,14). The quantitative estimate of drug-likeness (QED) is 0.836. The van der Waals surface area contributed by atoms with Crippen LogP contribution < -0.4 is 0 Å². The van der Waals surface area contributed by atoms with Crippen molar-refractivity contribution in [2.75, 3.05) is 0 Å². The van der Waals surface area contributed by atoms with Crippen molar-refractivity contribution >= 4 is 0 Å². The van der Waals surface area contributed by atoms with E-state index in [4.69, 9.17) is 0 Å². The van der Waals surface area contributed by atoms with Crippen molar-refractivity contribution in [3.63, 3.8) is 0 Å². The minimum Gasteiger partial charge on any atom is -0.287 e. The summed E-state index contributed by atoms with van der Waals surface area (Å²) in [5.74, 6) is 0. The molecule has 0 radical (unpaired) electrons. The molecular formula is C11H13N5O. The largest absolute Gasteiger partial charge is 0.287 e. The predicted molar refractivity (Wildman–Crippen MR) is 57.9 cm³/mol. The van der Waals surface area contributed by atoms with Gasteiger partial charge in [0.25, 0.3) is 0 Å². The van der Waals surface area contributed by atoms with Gasteiger partial charge in [-0.3, -0.25) is 10.00 Å². The third-order valence-electron chi connectivity index (χ3n) is 3.94. The third kappa shape index (κ3) is 1.33. The monoisotopic (exact) mass is 231 g/mol. The van der Waals surface area contributed by atoms with E-state index in [-0.39, 0.29) is 0 Å². The Kier molecular flexibility index (Phi) is 1.87. The normalized spacial score (nSPS) is 27.3. The molecule has 2 aromatic heterocycles. The van der Waals surface area contributed by atoms with Crippen molar-refractivity contribution in [1.82, 2.24) is 25.4 Å². The van der Waals surface area contributed by atoms with Crippen LogP contribution in [0.15, 0.2) is 17.0 Å². The van der Waals surface area contributed by atoms with Crippen LogP contribution in [0.3, 0.4) is 0 Å². The van der Waals surface area contributed by atoms with E-state index in [9.17, 15) is 0 Å². The molecule has 88 valence electrons. The van der Waals surface area contributed by atoms with E-state index >= 15 is 0 Å². The number of nitrogens with one attached hydrogen (secondary N) is 1. The Morgan fingerprint density at radius 3 is 3.29 bits per heavy atom. The number of nitrogens with zero attached hydrogens (tertiary/aromatic N) is 4. The highest BCUT2D eigenvalue weighted by Crippen LogP contribution is 2.43. The lowest BCUT2D eigenvalue weighted by atomic mass is 10.0. The molecule has 6 heteroatoms. The summed E-state index contributed by atoms with van der Waals surface area (Å²) < 4.78 is 4.66. The molecule has 2 unspecified atom stereocenters. The number of H-pyrrole nitrogens is 1. The zero-order valence-corrected chi connectivity index (χ0v) is 9.33. The van der Waals surface area contributed by atoms with Crippen LogP contribution in [0.5, 0.6) is 0 Å². The molecular weight excluding hydrogens is 218 g/mol. The fourth-order valence-corrected chi connectivity index (χ4v) is 3.18. The van der Waals surface area contributed by atoms with E-state index in [0.29, 0.717) is 12.1 Å². The van der Waals surface area contributed by atoms with Gasteiger partial charge in [0.1, 0.15) is 5.69 Å². The predicted octanol–water partition coefficient (Wildman–Crippen LogP) is 1.05. The first-order chi connectivity index (χ1) is 8.42. The van der Waals surface area contributed by atoms with E-state index in [1.165, 1.54) is 24.1 Å². The van der Waals surface area contributed by atoms with Crippen LogP contribution in [-0.4, -0.2) is 31.5 Å². The summed E-state index contributed by atoms with van der Waals surface area (Å²) in [5.41, 5.74) is 3.58. The molecule has 17 heavy (non-hydrogen) atoms. The van der Waals surface area contributed by atoms with Gasteiger partial charge in [-0.2, -0.15) is 5.10 Å². The maximum atomic E-state index is 4.66. The number of aromatic nitrogens is 4. The first-order valence-electron chi connectivity index (χ1n) is 5.96. The molecule has 2 aromatic rings. The summed E-state index contributed by atoms with van der Waals surface area (Å²) in [6, 6.07) is 1.09. The van der Waals surface area contributed by atoms with Gasteiger partial charge in [-0.05, 0) is 12.8 Å². The van der Waals surface area contributed by atoms with Crippen LogP contribution in [0.1, 0.15) is 35.8 Å². The van der Waals surface area contributed by atoms with Gasteiger partial charge in [0.05, 0.1) is 12.4 Å². The average Bonchev–Trinajstić information content (AvgIpc) is 3.03. The molecule has 4 heterocycles. The van der Waals surface area contributed by atoms with Gasteiger partial charge in [-0.25, -0.2) is 4.63 Å². The molecule has 0 amide bonds. The third-order valence-corrected chi connectivity index (χ3v) is 3.94. The molecule has 0 saturated carbocycles. The van der Waals surface area contributed by atoms with Gasteiger partial charge in [-0.15, -0.1) is 0 Å². The van der Waals surface area contributed by atoms with Crippen molar-refractivity contribution in [2.24, 2.45) is 0 Å². The highest BCUT2D eigenvalue weighted by Gasteiger charge is 2.40. The van der Waals surface area contributed by atoms with Crippen LogP contribution in [0.2, 0.25) is 0 Å². The highest BCUT2D eigenvalue weighted by atomic mass is 16.6. The van der Waals surface area contributed by atoms with Gasteiger partial charge < -0.3 is 0 Å². The van der Waals surface area contributed by atoms with E-state index in [2.05, 4.69) is 30.0 Å². The second-order valence-corrected chi connectivity index (χ2v) is 4.83. The second-order valence-electron chi connectivity index (χ2n) is 4.83. The van der Waals surface area contributed by atoms with Gasteiger partial charge in [-0.1, -0.05) is 10.3 Å². The average molecular weight is 231 g/mol. The lowest BCUT2D eigenvalue weighted by Gasteiger charge is -2.33. The summed E-state index contributed by atoms with van der Waals surface area (Å²) in [5, 5.41) is 14.8. The zero-order chi connectivity index (χ0) is 11.2. The maximum absolute atomic E-state index is 4.66. The molecule has 2 aliphatic rings. The van der Waals surface area contributed by atoms with Crippen molar-refractivity contribution in [1.29, 1.82) is 0 Å². The molecule has 1 saturated heterocycles. The van der Waals surface area contributed by atoms with Crippen molar-refractivity contribution in [2.45, 2.75) is 37.9 Å². The van der Waals surface area contributed by atoms with Gasteiger partial charge in [0.2, 0.25) is 0 Å². The number of hydrogen-bond acceptors (Lipinski definition) is 5. The number of rotatable bonds is 2. The van der Waals surface area contributed by atoms with Crippen molar-refractivity contribution < 1.29 is 4.63 Å². The van der Waals surface area contributed by atoms with Crippen molar-refractivity contribution in [3.05, 3.63) is 29.3 Å². The summed E-state index contributed by atoms with van der Waals surface area (Å²) in [7, 11) is 0. The van der Waals surface area contributed by atoms with Gasteiger partial charge >= 0.3 is 0 Å². The lowest BCUT2D eigenvalue weighted by molar-refractivity contribution is 0.162. The van der Waals surface area contributed by atoms with Gasteiger partial charge in [0.15, 0.2) is 0 Å². The summed E-state index contributed by atoms with van der Waals surface area (Å²) in [6.45, 7) is 0.823. The minimum absolute atomic E-state index is 0.485. The van der Waals surface area contributed by atoms with E-state index in [1.54, 1.807) is 6.20 Å². The Bertz CT molecular complexity index is 520. The Morgan fingerprint density at radius 1 is 1.41 bits per heavy atom. The number of fused-ring (bicyclic) bond motifs is 4. The van der Waals surface area contributed by atoms with Crippen LogP contribution in [0.25, 0.3) is 0 Å². The topological polar surface area (TPSA) is 70.8 Å².